The summed E-state index contributed by atoms with van der Waals surface area (Å²) < 4.78 is 0. The van der Waals surface area contributed by atoms with Crippen LogP contribution in [0.3, 0.4) is 0 Å². The summed E-state index contributed by atoms with van der Waals surface area (Å²) in [4.78, 5) is 22.9. The number of aryl methyl sites for hydroxylation is 1. The Morgan fingerprint density at radius 2 is 2.10 bits per heavy atom. The molecule has 20 heavy (non-hydrogen) atoms. The molecule has 5 nitrogen and oxygen atoms in total. The Hall–Kier alpha value is -2.17. The SMILES string of the molecule is CC(CCc1ccccc1)NC(=O)C1=NNC(=O)CC1. The van der Waals surface area contributed by atoms with Crippen molar-refractivity contribution in [2.75, 3.05) is 0 Å². The first-order valence-corrected chi connectivity index (χ1v) is 6.85. The molecule has 2 rings (SSSR count). The molecule has 2 N–H and O–H groups in total. The van der Waals surface area contributed by atoms with Gasteiger partial charge in [-0.05, 0) is 25.3 Å². The number of benzene rings is 1. The van der Waals surface area contributed by atoms with Gasteiger partial charge in [-0.25, -0.2) is 5.43 Å². The minimum atomic E-state index is -0.189. The summed E-state index contributed by atoms with van der Waals surface area (Å²) in [6.45, 7) is 1.98. The molecule has 0 bridgehead atoms. The van der Waals surface area contributed by atoms with Gasteiger partial charge in [0.2, 0.25) is 5.91 Å². The van der Waals surface area contributed by atoms with Gasteiger partial charge in [-0.1, -0.05) is 30.3 Å². The zero-order valence-electron chi connectivity index (χ0n) is 11.6. The minimum absolute atomic E-state index is 0.0723. The standard InChI is InChI=1S/C15H19N3O2/c1-11(7-8-12-5-3-2-4-6-12)16-15(20)13-9-10-14(19)18-17-13/h2-6,11H,7-10H2,1H3,(H,16,20)(H,18,19). The highest BCUT2D eigenvalue weighted by Crippen LogP contribution is 2.05. The lowest BCUT2D eigenvalue weighted by Crippen LogP contribution is -2.41. The number of nitrogens with zero attached hydrogens (tertiary/aromatic N) is 1. The minimum Gasteiger partial charge on any atom is -0.348 e. The highest BCUT2D eigenvalue weighted by Gasteiger charge is 2.19. The zero-order chi connectivity index (χ0) is 14.4. The zero-order valence-corrected chi connectivity index (χ0v) is 11.6. The van der Waals surface area contributed by atoms with Crippen LogP contribution in [0.4, 0.5) is 0 Å². The highest BCUT2D eigenvalue weighted by molar-refractivity contribution is 6.39. The van der Waals surface area contributed by atoms with E-state index in [9.17, 15) is 9.59 Å². The van der Waals surface area contributed by atoms with Gasteiger partial charge in [0.15, 0.2) is 0 Å². The summed E-state index contributed by atoms with van der Waals surface area (Å²) in [5, 5.41) is 6.70. The predicted octanol–water partition coefficient (Wildman–Crippen LogP) is 1.39. The topological polar surface area (TPSA) is 70.6 Å². The molecule has 1 heterocycles. The molecule has 1 unspecified atom stereocenters. The average Bonchev–Trinajstić information content (AvgIpc) is 2.47. The van der Waals surface area contributed by atoms with Crippen molar-refractivity contribution in [1.29, 1.82) is 0 Å². The van der Waals surface area contributed by atoms with Crippen LogP contribution < -0.4 is 10.7 Å². The number of carbonyl (C=O) groups is 2. The van der Waals surface area contributed by atoms with Gasteiger partial charge in [-0.15, -0.1) is 0 Å². The number of rotatable bonds is 5. The van der Waals surface area contributed by atoms with Crippen LogP contribution in [0, 0.1) is 0 Å². The van der Waals surface area contributed by atoms with Crippen molar-refractivity contribution in [3.63, 3.8) is 0 Å². The summed E-state index contributed by atoms with van der Waals surface area (Å²) >= 11 is 0. The third-order valence-corrected chi connectivity index (χ3v) is 3.25. The largest absolute Gasteiger partial charge is 0.348 e. The van der Waals surface area contributed by atoms with Crippen molar-refractivity contribution >= 4 is 17.5 Å². The Balaban J connectivity index is 1.78. The molecule has 2 amide bonds. The number of amides is 2. The van der Waals surface area contributed by atoms with E-state index in [0.29, 0.717) is 18.6 Å². The number of nitrogens with one attached hydrogen (secondary N) is 2. The van der Waals surface area contributed by atoms with E-state index in [1.54, 1.807) is 0 Å². The fourth-order valence-corrected chi connectivity index (χ4v) is 2.04. The molecule has 0 aromatic heterocycles. The molecule has 1 aliphatic rings. The molecule has 5 heteroatoms. The maximum atomic E-state index is 11.9. The summed E-state index contributed by atoms with van der Waals surface area (Å²) in [6.07, 6.45) is 2.52. The molecule has 0 aliphatic carbocycles. The Labute approximate surface area is 118 Å². The van der Waals surface area contributed by atoms with Crippen molar-refractivity contribution < 1.29 is 9.59 Å². The number of hydrogen-bond donors (Lipinski definition) is 2. The maximum Gasteiger partial charge on any atom is 0.267 e. The Morgan fingerprint density at radius 1 is 1.35 bits per heavy atom. The highest BCUT2D eigenvalue weighted by atomic mass is 16.2. The van der Waals surface area contributed by atoms with Gasteiger partial charge in [0.25, 0.3) is 5.91 Å². The first-order valence-electron chi connectivity index (χ1n) is 6.85. The van der Waals surface area contributed by atoms with E-state index in [2.05, 4.69) is 28.0 Å². The maximum absolute atomic E-state index is 11.9. The van der Waals surface area contributed by atoms with Crippen LogP contribution in [0.1, 0.15) is 31.7 Å². The fourth-order valence-electron chi connectivity index (χ4n) is 2.04. The van der Waals surface area contributed by atoms with Crippen molar-refractivity contribution in [3.8, 4) is 0 Å². The summed E-state index contributed by atoms with van der Waals surface area (Å²) in [7, 11) is 0. The Kier molecular flexibility index (Phi) is 4.87. The van der Waals surface area contributed by atoms with Gasteiger partial charge < -0.3 is 5.32 Å². The van der Waals surface area contributed by atoms with Crippen molar-refractivity contribution in [1.82, 2.24) is 10.7 Å². The monoisotopic (exact) mass is 273 g/mol. The predicted molar refractivity (Wildman–Crippen MR) is 77.2 cm³/mol. The lowest BCUT2D eigenvalue weighted by Gasteiger charge is -2.16. The molecule has 1 atom stereocenters. The molecule has 0 spiro atoms. The van der Waals surface area contributed by atoms with E-state index >= 15 is 0 Å². The Morgan fingerprint density at radius 3 is 2.75 bits per heavy atom. The number of hydrazone groups is 1. The third kappa shape index (κ3) is 4.19. The summed E-state index contributed by atoms with van der Waals surface area (Å²) in [5.74, 6) is -0.329. The number of hydrogen-bond acceptors (Lipinski definition) is 3. The molecule has 106 valence electrons. The van der Waals surface area contributed by atoms with Crippen LogP contribution in [0.15, 0.2) is 35.4 Å². The molecular formula is C15H19N3O2. The van der Waals surface area contributed by atoms with E-state index in [0.717, 1.165) is 12.8 Å². The first-order chi connectivity index (χ1) is 9.65. The van der Waals surface area contributed by atoms with Gasteiger partial charge in [-0.3, -0.25) is 9.59 Å². The first kappa shape index (κ1) is 14.2. The third-order valence-electron chi connectivity index (χ3n) is 3.25. The second-order valence-electron chi connectivity index (χ2n) is 4.99. The molecule has 1 aromatic carbocycles. The van der Waals surface area contributed by atoms with Gasteiger partial charge in [0, 0.05) is 18.9 Å². The summed E-state index contributed by atoms with van der Waals surface area (Å²) in [5.41, 5.74) is 3.99. The van der Waals surface area contributed by atoms with E-state index in [1.165, 1.54) is 5.56 Å². The van der Waals surface area contributed by atoms with E-state index < -0.39 is 0 Å². The lowest BCUT2D eigenvalue weighted by atomic mass is 10.1. The van der Waals surface area contributed by atoms with Gasteiger partial charge in [0.1, 0.15) is 5.71 Å². The second-order valence-corrected chi connectivity index (χ2v) is 4.99. The molecule has 0 saturated heterocycles. The van der Waals surface area contributed by atoms with Crippen LogP contribution in [0.25, 0.3) is 0 Å². The van der Waals surface area contributed by atoms with Crippen LogP contribution >= 0.6 is 0 Å². The van der Waals surface area contributed by atoms with Gasteiger partial charge >= 0.3 is 0 Å². The molecule has 0 radical (unpaired) electrons. The smallest absolute Gasteiger partial charge is 0.267 e. The molecule has 1 aromatic rings. The molecular weight excluding hydrogens is 254 g/mol. The van der Waals surface area contributed by atoms with E-state index in [4.69, 9.17) is 0 Å². The van der Waals surface area contributed by atoms with E-state index in [-0.39, 0.29) is 17.9 Å². The van der Waals surface area contributed by atoms with Crippen LogP contribution in [-0.2, 0) is 16.0 Å². The second kappa shape index (κ2) is 6.84. The van der Waals surface area contributed by atoms with Gasteiger partial charge in [0.05, 0.1) is 0 Å². The fraction of sp³-hybridized carbons (Fsp3) is 0.400. The van der Waals surface area contributed by atoms with Crippen molar-refractivity contribution in [3.05, 3.63) is 35.9 Å². The van der Waals surface area contributed by atoms with Crippen LogP contribution in [0.2, 0.25) is 0 Å². The molecule has 0 saturated carbocycles. The molecule has 0 fully saturated rings. The van der Waals surface area contributed by atoms with Crippen molar-refractivity contribution in [2.45, 2.75) is 38.6 Å². The van der Waals surface area contributed by atoms with Gasteiger partial charge in [-0.2, -0.15) is 5.10 Å². The lowest BCUT2D eigenvalue weighted by molar-refractivity contribution is -0.121. The quantitative estimate of drug-likeness (QED) is 0.851. The Bertz CT molecular complexity index is 511. The number of carbonyl (C=O) groups excluding carboxylic acids is 2. The summed E-state index contributed by atoms with van der Waals surface area (Å²) in [6, 6.07) is 10.2. The van der Waals surface area contributed by atoms with E-state index in [1.807, 2.05) is 25.1 Å². The molecule has 1 aliphatic heterocycles. The normalized spacial score (nSPS) is 16.1. The van der Waals surface area contributed by atoms with Crippen molar-refractivity contribution in [2.24, 2.45) is 5.10 Å². The average molecular weight is 273 g/mol. The van der Waals surface area contributed by atoms with Crippen LogP contribution in [-0.4, -0.2) is 23.6 Å². The van der Waals surface area contributed by atoms with Crippen LogP contribution in [0.5, 0.6) is 0 Å².